The molecule has 0 bridgehead atoms. The number of nitrogens with zero attached hydrogens (tertiary/aromatic N) is 2. The fourth-order valence-electron chi connectivity index (χ4n) is 2.03. The van der Waals surface area contributed by atoms with Crippen LogP contribution in [0.5, 0.6) is 0 Å². The molecule has 6 nitrogen and oxygen atoms in total. The zero-order chi connectivity index (χ0) is 13.8. The number of hydrogen-bond donors (Lipinski definition) is 2. The van der Waals surface area contributed by atoms with E-state index in [4.69, 9.17) is 4.74 Å². The molecule has 0 radical (unpaired) electrons. The third-order valence-electron chi connectivity index (χ3n) is 3.02. The van der Waals surface area contributed by atoms with Crippen LogP contribution in [0.2, 0.25) is 0 Å². The zero-order valence-corrected chi connectivity index (χ0v) is 12.2. The summed E-state index contributed by atoms with van der Waals surface area (Å²) in [6, 6.07) is 1.43. The fourth-order valence-corrected chi connectivity index (χ4v) is 2.36. The van der Waals surface area contributed by atoms with E-state index in [9.17, 15) is 9.90 Å². The maximum absolute atomic E-state index is 12.6. The Hall–Kier alpha value is -1.18. The molecule has 0 spiro atoms. The van der Waals surface area contributed by atoms with Crippen LogP contribution in [0.15, 0.2) is 16.7 Å². The van der Waals surface area contributed by atoms with E-state index in [1.807, 2.05) is 0 Å². The van der Waals surface area contributed by atoms with Crippen LogP contribution in [0.25, 0.3) is 0 Å². The quantitative estimate of drug-likeness (QED) is 0.854. The Kier molecular flexibility index (Phi) is 4.73. The number of nitrogens with one attached hydrogen (secondary N) is 1. The monoisotopic (exact) mass is 329 g/mol. The molecule has 2 rings (SSSR count). The van der Waals surface area contributed by atoms with Crippen molar-refractivity contribution in [1.82, 2.24) is 9.88 Å². The third kappa shape index (κ3) is 3.05. The van der Waals surface area contributed by atoms with Gasteiger partial charge in [0.05, 0.1) is 31.4 Å². The molecule has 104 valence electrons. The van der Waals surface area contributed by atoms with E-state index in [-0.39, 0.29) is 18.6 Å². The van der Waals surface area contributed by atoms with Crippen molar-refractivity contribution in [2.75, 3.05) is 38.7 Å². The number of aliphatic hydroxyl groups excluding tert-OH is 1. The fraction of sp³-hybridized carbons (Fsp3) is 0.500. The second-order valence-corrected chi connectivity index (χ2v) is 5.13. The molecule has 1 aromatic heterocycles. The highest BCUT2D eigenvalue weighted by atomic mass is 79.9. The summed E-state index contributed by atoms with van der Waals surface area (Å²) in [4.78, 5) is 18.4. The molecule has 2 N–H and O–H groups in total. The lowest BCUT2D eigenvalue weighted by atomic mass is 10.1. The van der Waals surface area contributed by atoms with E-state index >= 15 is 0 Å². The lowest BCUT2D eigenvalue weighted by Crippen LogP contribution is -2.50. The first kappa shape index (κ1) is 14.2. The molecule has 1 aromatic rings. The zero-order valence-electron chi connectivity index (χ0n) is 10.6. The SMILES string of the molecule is CNc1ncc(Br)cc1C(=O)N1CCOCC1CO. The van der Waals surface area contributed by atoms with Crippen molar-refractivity contribution in [1.29, 1.82) is 0 Å². The molecule has 0 saturated carbocycles. The van der Waals surface area contributed by atoms with Crippen LogP contribution in [-0.2, 0) is 4.74 Å². The van der Waals surface area contributed by atoms with Crippen molar-refractivity contribution < 1.29 is 14.6 Å². The average molecular weight is 330 g/mol. The standard InChI is InChI=1S/C12H16BrN3O3/c1-14-11-10(4-8(13)5-15-11)12(18)16-2-3-19-7-9(16)6-17/h4-5,9,17H,2-3,6-7H2,1H3,(H,14,15). The van der Waals surface area contributed by atoms with Crippen LogP contribution in [0.1, 0.15) is 10.4 Å². The van der Waals surface area contributed by atoms with Gasteiger partial charge in [0, 0.05) is 24.3 Å². The van der Waals surface area contributed by atoms with Crippen LogP contribution < -0.4 is 5.32 Å². The van der Waals surface area contributed by atoms with E-state index in [1.165, 1.54) is 0 Å². The number of ether oxygens (including phenoxy) is 1. The van der Waals surface area contributed by atoms with Crippen molar-refractivity contribution >= 4 is 27.7 Å². The minimum atomic E-state index is -0.301. The summed E-state index contributed by atoms with van der Waals surface area (Å²) in [6.45, 7) is 1.21. The molecule has 19 heavy (non-hydrogen) atoms. The molecule has 1 aliphatic rings. The Bertz CT molecular complexity index is 470. The van der Waals surface area contributed by atoms with Gasteiger partial charge in [0.25, 0.3) is 5.91 Å². The minimum absolute atomic E-state index is 0.109. The first-order valence-electron chi connectivity index (χ1n) is 6.00. The Balaban J connectivity index is 2.29. The van der Waals surface area contributed by atoms with Crippen LogP contribution in [0.3, 0.4) is 0 Å². The maximum Gasteiger partial charge on any atom is 0.258 e. The molecule has 1 aliphatic heterocycles. The van der Waals surface area contributed by atoms with Gasteiger partial charge in [-0.3, -0.25) is 4.79 Å². The number of halogens is 1. The second kappa shape index (κ2) is 6.31. The predicted octanol–water partition coefficient (Wildman–Crippen LogP) is 0.719. The molecule has 2 heterocycles. The molecule has 1 amide bonds. The lowest BCUT2D eigenvalue weighted by molar-refractivity contribution is -0.0183. The smallest absolute Gasteiger partial charge is 0.258 e. The predicted molar refractivity (Wildman–Crippen MR) is 74.2 cm³/mol. The van der Waals surface area contributed by atoms with Crippen molar-refractivity contribution in [2.45, 2.75) is 6.04 Å². The molecule has 0 aromatic carbocycles. The molecular weight excluding hydrogens is 314 g/mol. The van der Waals surface area contributed by atoms with E-state index in [0.29, 0.717) is 31.1 Å². The van der Waals surface area contributed by atoms with E-state index in [2.05, 4.69) is 26.2 Å². The van der Waals surface area contributed by atoms with Gasteiger partial charge in [-0.15, -0.1) is 0 Å². The van der Waals surface area contributed by atoms with Crippen molar-refractivity contribution in [2.24, 2.45) is 0 Å². The Labute approximate surface area is 119 Å². The van der Waals surface area contributed by atoms with Gasteiger partial charge in [-0.05, 0) is 22.0 Å². The second-order valence-electron chi connectivity index (χ2n) is 4.21. The number of morpholine rings is 1. The molecule has 1 atom stereocenters. The summed E-state index contributed by atoms with van der Waals surface area (Å²) in [5.41, 5.74) is 0.484. The van der Waals surface area contributed by atoms with Gasteiger partial charge in [0.1, 0.15) is 5.82 Å². The number of pyridine rings is 1. The molecule has 1 saturated heterocycles. The summed E-state index contributed by atoms with van der Waals surface area (Å²) in [6.07, 6.45) is 1.63. The number of aliphatic hydroxyl groups is 1. The number of carbonyl (C=O) groups excluding carboxylic acids is 1. The highest BCUT2D eigenvalue weighted by molar-refractivity contribution is 9.10. The van der Waals surface area contributed by atoms with Crippen molar-refractivity contribution in [3.05, 3.63) is 22.3 Å². The highest BCUT2D eigenvalue weighted by Gasteiger charge is 2.29. The van der Waals surface area contributed by atoms with Gasteiger partial charge in [0.2, 0.25) is 0 Å². The van der Waals surface area contributed by atoms with Crippen LogP contribution in [0.4, 0.5) is 5.82 Å². The third-order valence-corrected chi connectivity index (χ3v) is 3.45. The average Bonchev–Trinajstić information content (AvgIpc) is 2.46. The Morgan fingerprint density at radius 1 is 1.74 bits per heavy atom. The number of hydrogen-bond acceptors (Lipinski definition) is 5. The first-order valence-corrected chi connectivity index (χ1v) is 6.79. The first-order chi connectivity index (χ1) is 9.17. The molecule has 1 unspecified atom stereocenters. The summed E-state index contributed by atoms with van der Waals surface area (Å²) >= 11 is 3.31. The van der Waals surface area contributed by atoms with Crippen LogP contribution in [-0.4, -0.2) is 60.4 Å². The van der Waals surface area contributed by atoms with Crippen molar-refractivity contribution in [3.63, 3.8) is 0 Å². The lowest BCUT2D eigenvalue weighted by Gasteiger charge is -2.34. The molecule has 1 fully saturated rings. The topological polar surface area (TPSA) is 74.7 Å². The molecule has 7 heteroatoms. The number of rotatable bonds is 3. The van der Waals surface area contributed by atoms with Crippen LogP contribution >= 0.6 is 15.9 Å². The number of carbonyl (C=O) groups is 1. The molecular formula is C12H16BrN3O3. The van der Waals surface area contributed by atoms with E-state index < -0.39 is 0 Å². The minimum Gasteiger partial charge on any atom is -0.394 e. The summed E-state index contributed by atoms with van der Waals surface area (Å²) in [5, 5.41) is 12.2. The van der Waals surface area contributed by atoms with Crippen LogP contribution in [0, 0.1) is 0 Å². The van der Waals surface area contributed by atoms with Gasteiger partial charge >= 0.3 is 0 Å². The summed E-state index contributed by atoms with van der Waals surface area (Å²) in [7, 11) is 1.72. The van der Waals surface area contributed by atoms with E-state index in [0.717, 1.165) is 4.47 Å². The molecule has 0 aliphatic carbocycles. The summed E-state index contributed by atoms with van der Waals surface area (Å²) < 4.78 is 6.01. The van der Waals surface area contributed by atoms with Crippen molar-refractivity contribution in [3.8, 4) is 0 Å². The number of anilines is 1. The van der Waals surface area contributed by atoms with Gasteiger partial charge < -0.3 is 20.1 Å². The number of amides is 1. The Morgan fingerprint density at radius 2 is 2.53 bits per heavy atom. The normalized spacial score (nSPS) is 19.3. The van der Waals surface area contributed by atoms with E-state index in [1.54, 1.807) is 24.2 Å². The summed E-state index contributed by atoms with van der Waals surface area (Å²) in [5.74, 6) is 0.372. The van der Waals surface area contributed by atoms with Gasteiger partial charge in [0.15, 0.2) is 0 Å². The number of aromatic nitrogens is 1. The maximum atomic E-state index is 12.6. The van der Waals surface area contributed by atoms with Gasteiger partial charge in [-0.1, -0.05) is 0 Å². The highest BCUT2D eigenvalue weighted by Crippen LogP contribution is 2.21. The largest absolute Gasteiger partial charge is 0.394 e. The Morgan fingerprint density at radius 3 is 3.21 bits per heavy atom. The van der Waals surface area contributed by atoms with Gasteiger partial charge in [-0.25, -0.2) is 4.98 Å². The van der Waals surface area contributed by atoms with Gasteiger partial charge in [-0.2, -0.15) is 0 Å².